The standard InChI is InChI=1S/C34H26O2S/c1-5-13-25(14-6-1)23-29(27-17-9-3-10-18-27)33-31-32(36-22-21-35-31)34(37-33)30(28-19-11-4-12-20-28)24-26-15-7-2-8-16-26/h1-20,23-24H,21-22H2/b29-23+,30-24+. The van der Waals surface area contributed by atoms with E-state index in [9.17, 15) is 0 Å². The first-order chi connectivity index (χ1) is 18.4. The van der Waals surface area contributed by atoms with Gasteiger partial charge in [-0.15, -0.1) is 11.3 Å². The second-order valence-corrected chi connectivity index (χ2v) is 9.81. The zero-order valence-electron chi connectivity index (χ0n) is 20.3. The maximum atomic E-state index is 6.33. The largest absolute Gasteiger partial charge is 0.485 e. The summed E-state index contributed by atoms with van der Waals surface area (Å²) in [5.41, 5.74) is 6.82. The summed E-state index contributed by atoms with van der Waals surface area (Å²) >= 11 is 1.73. The van der Waals surface area contributed by atoms with E-state index < -0.39 is 0 Å². The highest BCUT2D eigenvalue weighted by atomic mass is 32.1. The van der Waals surface area contributed by atoms with Crippen LogP contribution in [-0.4, -0.2) is 13.2 Å². The molecule has 0 bridgehead atoms. The molecule has 0 aliphatic carbocycles. The van der Waals surface area contributed by atoms with Crippen molar-refractivity contribution >= 4 is 34.6 Å². The van der Waals surface area contributed by atoms with E-state index in [0.717, 1.165) is 54.7 Å². The lowest BCUT2D eigenvalue weighted by Crippen LogP contribution is -2.15. The highest BCUT2D eigenvalue weighted by Gasteiger charge is 2.29. The predicted molar refractivity (Wildman–Crippen MR) is 155 cm³/mol. The Kier molecular flexibility index (Phi) is 6.70. The smallest absolute Gasteiger partial charge is 0.180 e. The molecular formula is C34H26O2S. The van der Waals surface area contributed by atoms with Crippen molar-refractivity contribution in [1.29, 1.82) is 0 Å². The van der Waals surface area contributed by atoms with Crippen LogP contribution in [0.25, 0.3) is 23.3 Å². The van der Waals surface area contributed by atoms with Gasteiger partial charge in [-0.1, -0.05) is 121 Å². The summed E-state index contributed by atoms with van der Waals surface area (Å²) in [5, 5.41) is 0. The number of hydrogen-bond acceptors (Lipinski definition) is 3. The Morgan fingerprint density at radius 2 is 0.838 bits per heavy atom. The molecule has 2 heterocycles. The first kappa shape index (κ1) is 23.1. The van der Waals surface area contributed by atoms with E-state index in [1.54, 1.807) is 11.3 Å². The van der Waals surface area contributed by atoms with E-state index in [0.29, 0.717) is 13.2 Å². The summed E-state index contributed by atoms with van der Waals surface area (Å²) in [6, 6.07) is 41.9. The van der Waals surface area contributed by atoms with Crippen LogP contribution in [0.5, 0.6) is 11.5 Å². The Bertz CT molecular complexity index is 1420. The highest BCUT2D eigenvalue weighted by Crippen LogP contribution is 2.52. The summed E-state index contributed by atoms with van der Waals surface area (Å²) in [5.74, 6) is 1.65. The van der Waals surface area contributed by atoms with Gasteiger partial charge < -0.3 is 9.47 Å². The third-order valence-electron chi connectivity index (χ3n) is 6.28. The number of thiophene rings is 1. The van der Waals surface area contributed by atoms with Crippen LogP contribution in [0.1, 0.15) is 32.0 Å². The van der Waals surface area contributed by atoms with Gasteiger partial charge in [-0.05, 0) is 34.4 Å². The van der Waals surface area contributed by atoms with Crippen LogP contribution in [0.3, 0.4) is 0 Å². The average molecular weight is 499 g/mol. The zero-order valence-corrected chi connectivity index (χ0v) is 21.2. The van der Waals surface area contributed by atoms with Gasteiger partial charge in [0.1, 0.15) is 13.2 Å². The Hall–Kier alpha value is -4.34. The van der Waals surface area contributed by atoms with Gasteiger partial charge in [0.25, 0.3) is 0 Å². The number of rotatable bonds is 6. The van der Waals surface area contributed by atoms with E-state index in [1.165, 1.54) is 0 Å². The average Bonchev–Trinajstić information content (AvgIpc) is 3.36. The minimum Gasteiger partial charge on any atom is -0.485 e. The predicted octanol–water partition coefficient (Wildman–Crippen LogP) is 8.70. The SMILES string of the molecule is C(=C(/c1ccccc1)c1sc(/C(=C/c2ccccc2)c2ccccc2)c2c1OCCO2)/c1ccccc1. The summed E-state index contributed by atoms with van der Waals surface area (Å²) in [4.78, 5) is 2.16. The number of ether oxygens (including phenoxy) is 2. The fraction of sp³-hybridized carbons (Fsp3) is 0.0588. The van der Waals surface area contributed by atoms with E-state index in [4.69, 9.17) is 9.47 Å². The van der Waals surface area contributed by atoms with Crippen molar-refractivity contribution < 1.29 is 9.47 Å². The third-order valence-corrected chi connectivity index (χ3v) is 7.50. The summed E-state index contributed by atoms with van der Waals surface area (Å²) in [6.07, 6.45) is 4.48. The highest BCUT2D eigenvalue weighted by molar-refractivity contribution is 7.15. The van der Waals surface area contributed by atoms with Crippen molar-refractivity contribution in [3.63, 3.8) is 0 Å². The van der Waals surface area contributed by atoms with Crippen molar-refractivity contribution in [2.24, 2.45) is 0 Å². The van der Waals surface area contributed by atoms with Crippen molar-refractivity contribution in [2.75, 3.05) is 13.2 Å². The monoisotopic (exact) mass is 498 g/mol. The molecule has 180 valence electrons. The van der Waals surface area contributed by atoms with Crippen LogP contribution in [0.2, 0.25) is 0 Å². The fourth-order valence-electron chi connectivity index (χ4n) is 4.53. The second-order valence-electron chi connectivity index (χ2n) is 8.78. The molecule has 4 aromatic carbocycles. The Labute approximate surface area is 221 Å². The molecule has 0 radical (unpaired) electrons. The lowest BCUT2D eigenvalue weighted by atomic mass is 9.99. The molecule has 6 rings (SSSR count). The van der Waals surface area contributed by atoms with Crippen molar-refractivity contribution in [2.45, 2.75) is 0 Å². The van der Waals surface area contributed by atoms with Crippen LogP contribution < -0.4 is 9.47 Å². The third kappa shape index (κ3) is 5.00. The topological polar surface area (TPSA) is 18.5 Å². The molecule has 3 heteroatoms. The zero-order chi connectivity index (χ0) is 24.9. The van der Waals surface area contributed by atoms with Crippen molar-refractivity contribution in [3.8, 4) is 11.5 Å². The summed E-state index contributed by atoms with van der Waals surface area (Å²) in [6.45, 7) is 1.07. The van der Waals surface area contributed by atoms with Crippen molar-refractivity contribution in [3.05, 3.63) is 153 Å². The summed E-state index contributed by atoms with van der Waals surface area (Å²) in [7, 11) is 0. The van der Waals surface area contributed by atoms with Crippen LogP contribution in [0.4, 0.5) is 0 Å². The minimum atomic E-state index is 0.534. The quantitative estimate of drug-likeness (QED) is 0.218. The molecule has 0 fully saturated rings. The normalized spacial score (nSPS) is 13.4. The number of hydrogen-bond donors (Lipinski definition) is 0. The molecule has 1 aliphatic heterocycles. The van der Waals surface area contributed by atoms with E-state index in [-0.39, 0.29) is 0 Å². The molecule has 0 saturated carbocycles. The van der Waals surface area contributed by atoms with Crippen LogP contribution in [0.15, 0.2) is 121 Å². The first-order valence-corrected chi connectivity index (χ1v) is 13.3. The maximum absolute atomic E-state index is 6.33. The number of fused-ring (bicyclic) bond motifs is 1. The van der Waals surface area contributed by atoms with Crippen LogP contribution in [0, 0.1) is 0 Å². The van der Waals surface area contributed by atoms with Gasteiger partial charge in [-0.25, -0.2) is 0 Å². The Balaban J connectivity index is 1.59. The minimum absolute atomic E-state index is 0.534. The van der Waals surface area contributed by atoms with E-state index in [2.05, 4.69) is 121 Å². The molecule has 0 spiro atoms. The molecule has 0 amide bonds. The van der Waals surface area contributed by atoms with Gasteiger partial charge in [-0.3, -0.25) is 0 Å². The Morgan fingerprint density at radius 1 is 0.486 bits per heavy atom. The molecule has 0 unspecified atom stereocenters. The van der Waals surface area contributed by atoms with E-state index >= 15 is 0 Å². The molecule has 37 heavy (non-hydrogen) atoms. The van der Waals surface area contributed by atoms with Crippen LogP contribution >= 0.6 is 11.3 Å². The fourth-order valence-corrected chi connectivity index (χ4v) is 5.80. The Morgan fingerprint density at radius 3 is 1.22 bits per heavy atom. The van der Waals surface area contributed by atoms with E-state index in [1.807, 2.05) is 12.1 Å². The summed E-state index contributed by atoms with van der Waals surface area (Å²) < 4.78 is 12.7. The van der Waals surface area contributed by atoms with Gasteiger partial charge in [0.05, 0.1) is 9.75 Å². The molecule has 0 saturated heterocycles. The van der Waals surface area contributed by atoms with Gasteiger partial charge in [-0.2, -0.15) is 0 Å². The van der Waals surface area contributed by atoms with Crippen molar-refractivity contribution in [1.82, 2.24) is 0 Å². The number of benzene rings is 4. The first-order valence-electron chi connectivity index (χ1n) is 12.4. The van der Waals surface area contributed by atoms with Gasteiger partial charge in [0.2, 0.25) is 0 Å². The molecule has 5 aromatic rings. The molecule has 0 N–H and O–H groups in total. The van der Waals surface area contributed by atoms with Gasteiger partial charge in [0.15, 0.2) is 11.5 Å². The molecule has 2 nitrogen and oxygen atoms in total. The molecule has 0 atom stereocenters. The molecular weight excluding hydrogens is 472 g/mol. The molecule has 1 aliphatic rings. The lowest BCUT2D eigenvalue weighted by Gasteiger charge is -2.19. The van der Waals surface area contributed by atoms with Gasteiger partial charge in [0, 0.05) is 11.1 Å². The molecule has 1 aromatic heterocycles. The lowest BCUT2D eigenvalue weighted by molar-refractivity contribution is 0.172. The van der Waals surface area contributed by atoms with Gasteiger partial charge >= 0.3 is 0 Å². The second kappa shape index (κ2) is 10.7. The maximum Gasteiger partial charge on any atom is 0.180 e. The van der Waals surface area contributed by atoms with Crippen LogP contribution in [-0.2, 0) is 0 Å².